The maximum absolute atomic E-state index is 12.1. The van der Waals surface area contributed by atoms with E-state index in [0.717, 1.165) is 0 Å². The average Bonchev–Trinajstić information content (AvgIpc) is 2.80. The molecule has 7 heteroatoms. The summed E-state index contributed by atoms with van der Waals surface area (Å²) in [5, 5.41) is 5.17. The highest BCUT2D eigenvalue weighted by molar-refractivity contribution is 5.97. The number of carbonyl (C=O) groups excluding carboxylic acids is 3. The van der Waals surface area contributed by atoms with Crippen molar-refractivity contribution in [1.82, 2.24) is 5.32 Å². The molecule has 0 heterocycles. The molecule has 1 atom stereocenters. The highest BCUT2D eigenvalue weighted by atomic mass is 16.5. The fourth-order valence-electron chi connectivity index (χ4n) is 2.62. The smallest absolute Gasteiger partial charge is 0.328 e. The van der Waals surface area contributed by atoms with Crippen molar-refractivity contribution in [1.29, 1.82) is 0 Å². The molecule has 3 aromatic carbocycles. The van der Waals surface area contributed by atoms with Crippen molar-refractivity contribution in [2.45, 2.75) is 13.0 Å². The Labute approximate surface area is 180 Å². The topological polar surface area (TPSA) is 93.7 Å². The molecule has 0 aliphatic rings. The van der Waals surface area contributed by atoms with Gasteiger partial charge >= 0.3 is 5.97 Å². The molecule has 2 N–H and O–H groups in total. The molecule has 0 fully saturated rings. The molecule has 0 radical (unpaired) electrons. The van der Waals surface area contributed by atoms with E-state index in [9.17, 15) is 14.4 Å². The largest absolute Gasteiger partial charge is 0.457 e. The zero-order valence-corrected chi connectivity index (χ0v) is 16.9. The summed E-state index contributed by atoms with van der Waals surface area (Å²) in [6, 6.07) is 23.7. The van der Waals surface area contributed by atoms with Crippen LogP contribution in [-0.4, -0.2) is 30.4 Å². The molecule has 0 unspecified atom stereocenters. The van der Waals surface area contributed by atoms with Crippen LogP contribution in [0.3, 0.4) is 0 Å². The number of para-hydroxylation sites is 1. The van der Waals surface area contributed by atoms with Crippen LogP contribution in [0.1, 0.15) is 17.3 Å². The second kappa shape index (κ2) is 10.6. The number of esters is 1. The normalized spacial score (nSPS) is 11.1. The Morgan fingerprint density at radius 1 is 0.806 bits per heavy atom. The number of carbonyl (C=O) groups is 3. The molecule has 0 aliphatic heterocycles. The first kappa shape index (κ1) is 21.6. The first-order valence-corrected chi connectivity index (χ1v) is 9.66. The molecule has 2 amide bonds. The quantitative estimate of drug-likeness (QED) is 0.543. The summed E-state index contributed by atoms with van der Waals surface area (Å²) < 4.78 is 10.7. The van der Waals surface area contributed by atoms with Gasteiger partial charge in [-0.1, -0.05) is 36.4 Å². The van der Waals surface area contributed by atoms with Crippen LogP contribution in [0.4, 0.5) is 5.69 Å². The zero-order chi connectivity index (χ0) is 22.1. The van der Waals surface area contributed by atoms with Gasteiger partial charge in [0.05, 0.1) is 0 Å². The molecular formula is C24H22N2O5. The van der Waals surface area contributed by atoms with Crippen molar-refractivity contribution in [3.63, 3.8) is 0 Å². The summed E-state index contributed by atoms with van der Waals surface area (Å²) in [5.41, 5.74) is 0.964. The SMILES string of the molecule is C[C@H](NC(=O)c1ccccc1)C(=O)OCC(=O)Nc1ccc(Oc2ccccc2)cc1. The van der Waals surface area contributed by atoms with Crippen molar-refractivity contribution in [3.8, 4) is 11.5 Å². The van der Waals surface area contributed by atoms with Crippen LogP contribution in [0.2, 0.25) is 0 Å². The minimum absolute atomic E-state index is 0.396. The second-order valence-electron chi connectivity index (χ2n) is 6.66. The summed E-state index contributed by atoms with van der Waals surface area (Å²) in [5.74, 6) is -0.261. The third kappa shape index (κ3) is 6.71. The maximum Gasteiger partial charge on any atom is 0.328 e. The molecule has 0 aliphatic carbocycles. The highest BCUT2D eigenvalue weighted by Gasteiger charge is 2.19. The van der Waals surface area contributed by atoms with E-state index in [2.05, 4.69) is 10.6 Å². The third-order valence-corrected chi connectivity index (χ3v) is 4.20. The van der Waals surface area contributed by atoms with Gasteiger partial charge in [0.2, 0.25) is 0 Å². The second-order valence-corrected chi connectivity index (χ2v) is 6.66. The van der Waals surface area contributed by atoms with E-state index in [4.69, 9.17) is 9.47 Å². The third-order valence-electron chi connectivity index (χ3n) is 4.20. The molecule has 0 saturated carbocycles. The molecule has 0 bridgehead atoms. The standard InChI is InChI=1S/C24H22N2O5/c1-17(25-23(28)18-8-4-2-5-9-18)24(29)30-16-22(27)26-19-12-14-21(15-13-19)31-20-10-6-3-7-11-20/h2-15,17H,16H2,1H3,(H,25,28)(H,26,27)/t17-/m0/s1. The summed E-state index contributed by atoms with van der Waals surface area (Å²) in [6.07, 6.45) is 0. The predicted octanol–water partition coefficient (Wildman–Crippen LogP) is 3.78. The molecule has 0 spiro atoms. The van der Waals surface area contributed by atoms with E-state index in [1.807, 2.05) is 30.3 Å². The number of amides is 2. The Kier molecular flexibility index (Phi) is 7.37. The van der Waals surface area contributed by atoms with Gasteiger partial charge < -0.3 is 20.1 Å². The minimum atomic E-state index is -0.894. The van der Waals surface area contributed by atoms with Gasteiger partial charge in [-0.05, 0) is 55.5 Å². The van der Waals surface area contributed by atoms with Crippen molar-refractivity contribution >= 4 is 23.5 Å². The summed E-state index contributed by atoms with van der Waals surface area (Å²) >= 11 is 0. The fourth-order valence-corrected chi connectivity index (χ4v) is 2.62. The Morgan fingerprint density at radius 3 is 2.03 bits per heavy atom. The number of hydrogen-bond acceptors (Lipinski definition) is 5. The van der Waals surface area contributed by atoms with Crippen LogP contribution in [0.15, 0.2) is 84.9 Å². The molecule has 3 rings (SSSR count). The number of rotatable bonds is 8. The number of benzene rings is 3. The molecule has 3 aromatic rings. The van der Waals surface area contributed by atoms with Crippen LogP contribution in [0.25, 0.3) is 0 Å². The Hall–Kier alpha value is -4.13. The number of ether oxygens (including phenoxy) is 2. The highest BCUT2D eigenvalue weighted by Crippen LogP contribution is 2.22. The summed E-state index contributed by atoms with van der Waals surface area (Å²) in [6.45, 7) is 1.03. The fraction of sp³-hybridized carbons (Fsp3) is 0.125. The summed E-state index contributed by atoms with van der Waals surface area (Å²) in [4.78, 5) is 36.2. The Bertz CT molecular complexity index is 1020. The average molecular weight is 418 g/mol. The van der Waals surface area contributed by atoms with Gasteiger partial charge in [-0.25, -0.2) is 4.79 Å². The zero-order valence-electron chi connectivity index (χ0n) is 16.9. The van der Waals surface area contributed by atoms with Gasteiger partial charge in [0.25, 0.3) is 11.8 Å². The molecule has 0 saturated heterocycles. The Morgan fingerprint density at radius 2 is 1.39 bits per heavy atom. The summed E-state index contributed by atoms with van der Waals surface area (Å²) in [7, 11) is 0. The van der Waals surface area contributed by atoms with Crippen LogP contribution in [-0.2, 0) is 14.3 Å². The minimum Gasteiger partial charge on any atom is -0.457 e. The lowest BCUT2D eigenvalue weighted by atomic mass is 10.2. The maximum atomic E-state index is 12.1. The lowest BCUT2D eigenvalue weighted by Gasteiger charge is -2.13. The number of anilines is 1. The van der Waals surface area contributed by atoms with Gasteiger partial charge in [0.15, 0.2) is 6.61 Å². The van der Waals surface area contributed by atoms with Crippen molar-refractivity contribution in [2.75, 3.05) is 11.9 Å². The molecular weight excluding hydrogens is 396 g/mol. The number of nitrogens with one attached hydrogen (secondary N) is 2. The van der Waals surface area contributed by atoms with Crippen LogP contribution >= 0.6 is 0 Å². The van der Waals surface area contributed by atoms with Crippen molar-refractivity contribution < 1.29 is 23.9 Å². The van der Waals surface area contributed by atoms with Gasteiger partial charge in [-0.15, -0.1) is 0 Å². The van der Waals surface area contributed by atoms with E-state index >= 15 is 0 Å². The van der Waals surface area contributed by atoms with E-state index in [0.29, 0.717) is 22.7 Å². The molecule has 31 heavy (non-hydrogen) atoms. The van der Waals surface area contributed by atoms with Gasteiger partial charge in [-0.3, -0.25) is 9.59 Å². The van der Waals surface area contributed by atoms with Crippen LogP contribution in [0.5, 0.6) is 11.5 Å². The van der Waals surface area contributed by atoms with Crippen LogP contribution in [0, 0.1) is 0 Å². The molecule has 158 valence electrons. The van der Waals surface area contributed by atoms with E-state index in [1.165, 1.54) is 6.92 Å². The first-order valence-electron chi connectivity index (χ1n) is 9.66. The van der Waals surface area contributed by atoms with Crippen LogP contribution < -0.4 is 15.4 Å². The van der Waals surface area contributed by atoms with Gasteiger partial charge in [-0.2, -0.15) is 0 Å². The van der Waals surface area contributed by atoms with Gasteiger partial charge in [0, 0.05) is 11.3 Å². The lowest BCUT2D eigenvalue weighted by Crippen LogP contribution is -2.40. The van der Waals surface area contributed by atoms with Crippen molar-refractivity contribution in [3.05, 3.63) is 90.5 Å². The first-order chi connectivity index (χ1) is 15.0. The van der Waals surface area contributed by atoms with Crippen molar-refractivity contribution in [2.24, 2.45) is 0 Å². The lowest BCUT2D eigenvalue weighted by molar-refractivity contribution is -0.148. The molecule has 0 aromatic heterocycles. The number of hydrogen-bond donors (Lipinski definition) is 2. The van der Waals surface area contributed by atoms with Gasteiger partial charge in [0.1, 0.15) is 17.5 Å². The van der Waals surface area contributed by atoms with E-state index in [-0.39, 0.29) is 0 Å². The molecule has 7 nitrogen and oxygen atoms in total. The van der Waals surface area contributed by atoms with E-state index in [1.54, 1.807) is 54.6 Å². The predicted molar refractivity (Wildman–Crippen MR) is 116 cm³/mol. The Balaban J connectivity index is 1.43. The van der Waals surface area contributed by atoms with E-state index < -0.39 is 30.4 Å². The monoisotopic (exact) mass is 418 g/mol.